The Bertz CT molecular complexity index is 598. The molecule has 1 aliphatic rings. The Balaban J connectivity index is 2.47. The van der Waals surface area contributed by atoms with Crippen LogP contribution in [0, 0.1) is 0 Å². The fraction of sp³-hybridized carbons (Fsp3) is 0.417. The molecule has 1 heteroatoms. The molecule has 2 rings (SSSR count). The van der Waals surface area contributed by atoms with Crippen LogP contribution < -0.4 is 0 Å². The largest absolute Gasteiger partial charge is 0.362 e. The standard InChI is InChI=1S/C24H32O/c1-5-9-16-23-21(13-6-2)22(19-20-14-11-10-12-15-20)24(25-23,17-7-3)18-8-4/h6-8,10-12,14-15,23H,2-5,9,13,16-19H2,1H3. The van der Waals surface area contributed by atoms with Crippen molar-refractivity contribution >= 4 is 0 Å². The molecule has 0 aromatic heterocycles. The van der Waals surface area contributed by atoms with Crippen LogP contribution in [0.2, 0.25) is 0 Å². The van der Waals surface area contributed by atoms with Gasteiger partial charge in [-0.05, 0) is 48.8 Å². The molecule has 0 saturated carbocycles. The van der Waals surface area contributed by atoms with Gasteiger partial charge in [0, 0.05) is 0 Å². The highest BCUT2D eigenvalue weighted by Gasteiger charge is 2.44. The molecule has 1 unspecified atom stereocenters. The molecule has 0 aliphatic carbocycles. The molecule has 0 bridgehead atoms. The van der Waals surface area contributed by atoms with Crippen molar-refractivity contribution in [3.63, 3.8) is 0 Å². The van der Waals surface area contributed by atoms with E-state index < -0.39 is 0 Å². The highest BCUT2D eigenvalue weighted by atomic mass is 16.5. The van der Waals surface area contributed by atoms with Crippen LogP contribution in [0.5, 0.6) is 0 Å². The van der Waals surface area contributed by atoms with E-state index in [0.29, 0.717) is 0 Å². The molecule has 1 aromatic carbocycles. The Morgan fingerprint density at radius 3 is 2.28 bits per heavy atom. The van der Waals surface area contributed by atoms with Crippen LogP contribution >= 0.6 is 0 Å². The van der Waals surface area contributed by atoms with Gasteiger partial charge in [-0.1, -0.05) is 68.3 Å². The number of rotatable bonds is 11. The van der Waals surface area contributed by atoms with Gasteiger partial charge in [0.25, 0.3) is 0 Å². The van der Waals surface area contributed by atoms with Gasteiger partial charge in [-0.25, -0.2) is 0 Å². The van der Waals surface area contributed by atoms with E-state index in [9.17, 15) is 0 Å². The van der Waals surface area contributed by atoms with Crippen LogP contribution in [0.3, 0.4) is 0 Å². The van der Waals surface area contributed by atoms with Gasteiger partial charge in [0.2, 0.25) is 0 Å². The third-order valence-electron chi connectivity index (χ3n) is 5.05. The summed E-state index contributed by atoms with van der Waals surface area (Å²) in [5.74, 6) is 0. The first-order valence-corrected chi connectivity index (χ1v) is 9.47. The van der Waals surface area contributed by atoms with Gasteiger partial charge >= 0.3 is 0 Å². The maximum atomic E-state index is 6.72. The molecule has 1 atom stereocenters. The molecule has 0 fully saturated rings. The summed E-state index contributed by atoms with van der Waals surface area (Å²) in [6.45, 7) is 14.2. The summed E-state index contributed by atoms with van der Waals surface area (Å²) < 4.78 is 6.72. The Morgan fingerprint density at radius 2 is 1.72 bits per heavy atom. The van der Waals surface area contributed by atoms with Crippen molar-refractivity contribution in [3.8, 4) is 0 Å². The van der Waals surface area contributed by atoms with Crippen molar-refractivity contribution in [1.82, 2.24) is 0 Å². The van der Waals surface area contributed by atoms with Crippen LogP contribution in [-0.4, -0.2) is 11.7 Å². The van der Waals surface area contributed by atoms with E-state index in [0.717, 1.165) is 32.1 Å². The molecule has 1 nitrogen and oxygen atoms in total. The molecule has 0 N–H and O–H groups in total. The molecule has 1 aliphatic heterocycles. The molecule has 25 heavy (non-hydrogen) atoms. The zero-order valence-electron chi connectivity index (χ0n) is 15.7. The van der Waals surface area contributed by atoms with E-state index in [1.807, 2.05) is 18.2 Å². The van der Waals surface area contributed by atoms with Crippen LogP contribution in [-0.2, 0) is 11.2 Å². The van der Waals surface area contributed by atoms with Gasteiger partial charge in [-0.15, -0.1) is 19.7 Å². The van der Waals surface area contributed by atoms with Gasteiger partial charge < -0.3 is 4.74 Å². The summed E-state index contributed by atoms with van der Waals surface area (Å²) in [5, 5.41) is 0. The fourth-order valence-electron chi connectivity index (χ4n) is 3.90. The zero-order valence-corrected chi connectivity index (χ0v) is 15.7. The van der Waals surface area contributed by atoms with E-state index >= 15 is 0 Å². The predicted molar refractivity (Wildman–Crippen MR) is 109 cm³/mol. The first-order chi connectivity index (χ1) is 12.2. The molecule has 0 radical (unpaired) electrons. The van der Waals surface area contributed by atoms with Gasteiger partial charge in [0.15, 0.2) is 0 Å². The van der Waals surface area contributed by atoms with Crippen LogP contribution in [0.1, 0.15) is 51.0 Å². The lowest BCUT2D eigenvalue weighted by atomic mass is 9.81. The molecule has 1 aromatic rings. The van der Waals surface area contributed by atoms with E-state index in [-0.39, 0.29) is 11.7 Å². The Kier molecular flexibility index (Phi) is 7.46. The van der Waals surface area contributed by atoms with Crippen molar-refractivity contribution in [2.45, 2.75) is 63.6 Å². The second kappa shape index (κ2) is 9.58. The zero-order chi connectivity index (χ0) is 18.1. The third-order valence-corrected chi connectivity index (χ3v) is 5.05. The highest BCUT2D eigenvalue weighted by molar-refractivity contribution is 5.39. The molecule has 134 valence electrons. The van der Waals surface area contributed by atoms with E-state index in [1.54, 1.807) is 0 Å². The number of unbranched alkanes of at least 4 members (excludes halogenated alkanes) is 1. The topological polar surface area (TPSA) is 9.23 Å². The summed E-state index contributed by atoms with van der Waals surface area (Å²) in [4.78, 5) is 0. The molecule has 0 spiro atoms. The van der Waals surface area contributed by atoms with Gasteiger partial charge in [-0.2, -0.15) is 0 Å². The molecular formula is C24H32O. The van der Waals surface area contributed by atoms with Gasteiger partial charge in [0.05, 0.1) is 11.7 Å². The summed E-state index contributed by atoms with van der Waals surface area (Å²) in [6, 6.07) is 10.7. The lowest BCUT2D eigenvalue weighted by Crippen LogP contribution is -2.32. The molecule has 0 saturated heterocycles. The van der Waals surface area contributed by atoms with E-state index in [4.69, 9.17) is 4.74 Å². The monoisotopic (exact) mass is 336 g/mol. The minimum atomic E-state index is -0.296. The Morgan fingerprint density at radius 1 is 1.04 bits per heavy atom. The molecule has 0 amide bonds. The lowest BCUT2D eigenvalue weighted by molar-refractivity contribution is -0.0326. The van der Waals surface area contributed by atoms with Crippen LogP contribution in [0.25, 0.3) is 0 Å². The fourth-order valence-corrected chi connectivity index (χ4v) is 3.90. The maximum absolute atomic E-state index is 6.72. The lowest BCUT2D eigenvalue weighted by Gasteiger charge is -2.31. The van der Waals surface area contributed by atoms with Crippen molar-refractivity contribution in [3.05, 3.63) is 85.0 Å². The maximum Gasteiger partial charge on any atom is 0.0974 e. The minimum absolute atomic E-state index is 0.191. The second-order valence-electron chi connectivity index (χ2n) is 6.89. The second-order valence-corrected chi connectivity index (χ2v) is 6.89. The van der Waals surface area contributed by atoms with Crippen molar-refractivity contribution < 1.29 is 4.74 Å². The SMILES string of the molecule is C=CCC1=C(Cc2ccccc2)C(CC=C)(CC=C)OC1CCCC. The Labute approximate surface area is 153 Å². The summed E-state index contributed by atoms with van der Waals surface area (Å²) >= 11 is 0. The van der Waals surface area contributed by atoms with E-state index in [2.05, 4.69) is 57.0 Å². The third kappa shape index (κ3) is 4.61. The smallest absolute Gasteiger partial charge is 0.0974 e. The first kappa shape index (κ1) is 19.5. The van der Waals surface area contributed by atoms with Crippen molar-refractivity contribution in [2.75, 3.05) is 0 Å². The Hall–Kier alpha value is -1.86. The average Bonchev–Trinajstić information content (AvgIpc) is 2.88. The quantitative estimate of drug-likeness (QED) is 0.415. The van der Waals surface area contributed by atoms with Gasteiger partial charge in [-0.3, -0.25) is 0 Å². The summed E-state index contributed by atoms with van der Waals surface area (Å²) in [6.07, 6.45) is 13.1. The van der Waals surface area contributed by atoms with E-state index in [1.165, 1.54) is 29.6 Å². The number of allylic oxidation sites excluding steroid dienone is 1. The molecule has 1 heterocycles. The summed E-state index contributed by atoms with van der Waals surface area (Å²) in [5.41, 5.74) is 3.88. The first-order valence-electron chi connectivity index (χ1n) is 9.47. The highest BCUT2D eigenvalue weighted by Crippen LogP contribution is 2.45. The van der Waals surface area contributed by atoms with Crippen LogP contribution in [0.15, 0.2) is 79.4 Å². The predicted octanol–water partition coefficient (Wildman–Crippen LogP) is 6.58. The van der Waals surface area contributed by atoms with Gasteiger partial charge in [0.1, 0.15) is 0 Å². The number of hydrogen-bond acceptors (Lipinski definition) is 1. The average molecular weight is 337 g/mol. The van der Waals surface area contributed by atoms with Crippen LogP contribution in [0.4, 0.5) is 0 Å². The number of benzene rings is 1. The van der Waals surface area contributed by atoms with Crippen molar-refractivity contribution in [1.29, 1.82) is 0 Å². The molecular weight excluding hydrogens is 304 g/mol. The summed E-state index contributed by atoms with van der Waals surface area (Å²) in [7, 11) is 0. The normalized spacial score (nSPS) is 19.0. The number of hydrogen-bond donors (Lipinski definition) is 0. The number of ether oxygens (including phenoxy) is 1. The van der Waals surface area contributed by atoms with Crippen molar-refractivity contribution in [2.24, 2.45) is 0 Å². The minimum Gasteiger partial charge on any atom is -0.362 e.